The highest BCUT2D eigenvalue weighted by Crippen LogP contribution is 2.13. The van der Waals surface area contributed by atoms with E-state index in [9.17, 15) is 4.79 Å². The van der Waals surface area contributed by atoms with Crippen molar-refractivity contribution in [1.29, 1.82) is 0 Å². The van der Waals surface area contributed by atoms with Gasteiger partial charge < -0.3 is 10.6 Å². The van der Waals surface area contributed by atoms with Gasteiger partial charge in [0.05, 0.1) is 0 Å². The summed E-state index contributed by atoms with van der Waals surface area (Å²) in [5.41, 5.74) is 0. The molecule has 2 unspecified atom stereocenters. The third-order valence-electron chi connectivity index (χ3n) is 3.00. The van der Waals surface area contributed by atoms with Crippen LogP contribution in [0.4, 0.5) is 0 Å². The highest BCUT2D eigenvalue weighted by molar-refractivity contribution is 5.76. The summed E-state index contributed by atoms with van der Waals surface area (Å²) in [5.74, 6) is 0.775. The van der Waals surface area contributed by atoms with Crippen molar-refractivity contribution in [1.82, 2.24) is 10.6 Å². The maximum atomic E-state index is 11.7. The summed E-state index contributed by atoms with van der Waals surface area (Å²) in [5, 5.41) is 6.40. The van der Waals surface area contributed by atoms with Crippen LogP contribution in [0.1, 0.15) is 46.0 Å². The third-order valence-corrected chi connectivity index (χ3v) is 3.00. The van der Waals surface area contributed by atoms with Crippen LogP contribution in [0.5, 0.6) is 0 Å². The van der Waals surface area contributed by atoms with E-state index in [-0.39, 0.29) is 5.91 Å². The van der Waals surface area contributed by atoms with E-state index in [0.29, 0.717) is 18.4 Å². The Kier molecular flexibility index (Phi) is 5.69. The number of piperidine rings is 1. The Morgan fingerprint density at radius 3 is 3.00 bits per heavy atom. The first-order valence-electron chi connectivity index (χ1n) is 6.22. The van der Waals surface area contributed by atoms with E-state index in [2.05, 4.69) is 24.5 Å². The van der Waals surface area contributed by atoms with Crippen LogP contribution in [0.2, 0.25) is 0 Å². The normalized spacial score (nSPS) is 23.5. The number of rotatable bonds is 5. The van der Waals surface area contributed by atoms with Crippen LogP contribution >= 0.6 is 0 Å². The maximum absolute atomic E-state index is 11.7. The van der Waals surface area contributed by atoms with E-state index in [0.717, 1.165) is 25.9 Å². The van der Waals surface area contributed by atoms with Crippen LogP contribution in [0.3, 0.4) is 0 Å². The fraction of sp³-hybridized carbons (Fsp3) is 0.917. The molecule has 0 bridgehead atoms. The molecule has 15 heavy (non-hydrogen) atoms. The molecular weight excluding hydrogens is 188 g/mol. The minimum atomic E-state index is 0.227. The van der Waals surface area contributed by atoms with Crippen LogP contribution in [-0.4, -0.2) is 25.0 Å². The number of carbonyl (C=O) groups is 1. The quantitative estimate of drug-likeness (QED) is 0.728. The molecule has 1 heterocycles. The molecule has 3 nitrogen and oxygen atoms in total. The van der Waals surface area contributed by atoms with Gasteiger partial charge in [0.25, 0.3) is 0 Å². The van der Waals surface area contributed by atoms with E-state index in [1.54, 1.807) is 0 Å². The van der Waals surface area contributed by atoms with E-state index >= 15 is 0 Å². The van der Waals surface area contributed by atoms with Crippen LogP contribution < -0.4 is 10.6 Å². The van der Waals surface area contributed by atoms with Gasteiger partial charge in [-0.05, 0) is 45.2 Å². The zero-order chi connectivity index (χ0) is 11.1. The Bertz CT molecular complexity index is 188. The van der Waals surface area contributed by atoms with Gasteiger partial charge in [0, 0.05) is 12.5 Å². The average molecular weight is 212 g/mol. The number of hydrogen-bond acceptors (Lipinski definition) is 2. The number of hydrogen-bond donors (Lipinski definition) is 2. The van der Waals surface area contributed by atoms with E-state index in [1.807, 2.05) is 0 Å². The summed E-state index contributed by atoms with van der Waals surface area (Å²) in [6, 6.07) is 0.332. The molecule has 2 atom stereocenters. The van der Waals surface area contributed by atoms with Crippen molar-refractivity contribution in [3.05, 3.63) is 0 Å². The van der Waals surface area contributed by atoms with E-state index in [1.165, 1.54) is 12.8 Å². The molecule has 0 aliphatic carbocycles. The van der Waals surface area contributed by atoms with Gasteiger partial charge in [-0.15, -0.1) is 0 Å². The van der Waals surface area contributed by atoms with Crippen molar-refractivity contribution >= 4 is 5.91 Å². The molecule has 1 rings (SSSR count). The van der Waals surface area contributed by atoms with Crippen molar-refractivity contribution in [2.75, 3.05) is 13.1 Å². The van der Waals surface area contributed by atoms with Gasteiger partial charge in [-0.1, -0.05) is 13.3 Å². The summed E-state index contributed by atoms with van der Waals surface area (Å²) in [4.78, 5) is 11.7. The molecule has 0 aromatic heterocycles. The largest absolute Gasteiger partial charge is 0.354 e. The monoisotopic (exact) mass is 212 g/mol. The maximum Gasteiger partial charge on any atom is 0.220 e. The second-order valence-corrected chi connectivity index (χ2v) is 4.67. The zero-order valence-electron chi connectivity index (χ0n) is 10.0. The first-order chi connectivity index (χ1) is 7.22. The summed E-state index contributed by atoms with van der Waals surface area (Å²) < 4.78 is 0. The van der Waals surface area contributed by atoms with Gasteiger partial charge in [0.1, 0.15) is 0 Å². The lowest BCUT2D eigenvalue weighted by Crippen LogP contribution is -2.37. The summed E-state index contributed by atoms with van der Waals surface area (Å²) >= 11 is 0. The predicted molar refractivity (Wildman–Crippen MR) is 62.7 cm³/mol. The fourth-order valence-corrected chi connectivity index (χ4v) is 2.20. The second-order valence-electron chi connectivity index (χ2n) is 4.67. The minimum Gasteiger partial charge on any atom is -0.354 e. The van der Waals surface area contributed by atoms with E-state index in [4.69, 9.17) is 0 Å². The third kappa shape index (κ3) is 5.17. The molecule has 0 saturated carbocycles. The van der Waals surface area contributed by atoms with Gasteiger partial charge in [-0.3, -0.25) is 4.79 Å². The Balaban J connectivity index is 2.16. The summed E-state index contributed by atoms with van der Waals surface area (Å²) in [6.07, 6.45) is 5.31. The van der Waals surface area contributed by atoms with Crippen molar-refractivity contribution in [2.45, 2.75) is 52.0 Å². The number of nitrogens with one attached hydrogen (secondary N) is 2. The molecule has 0 aromatic carbocycles. The lowest BCUT2D eigenvalue weighted by atomic mass is 9.96. The van der Waals surface area contributed by atoms with Crippen LogP contribution in [0, 0.1) is 5.92 Å². The van der Waals surface area contributed by atoms with Crippen LogP contribution in [0.15, 0.2) is 0 Å². The number of amides is 1. The van der Waals surface area contributed by atoms with Gasteiger partial charge in [0.2, 0.25) is 5.91 Å². The Labute approximate surface area is 93.0 Å². The fourth-order valence-electron chi connectivity index (χ4n) is 2.20. The molecule has 0 radical (unpaired) electrons. The Morgan fingerprint density at radius 2 is 2.40 bits per heavy atom. The summed E-state index contributed by atoms with van der Waals surface area (Å²) in [7, 11) is 0. The average Bonchev–Trinajstić information content (AvgIpc) is 2.19. The van der Waals surface area contributed by atoms with Crippen LogP contribution in [-0.2, 0) is 4.79 Å². The highest BCUT2D eigenvalue weighted by atomic mass is 16.1. The molecule has 0 spiro atoms. The molecule has 88 valence electrons. The van der Waals surface area contributed by atoms with Crippen molar-refractivity contribution in [2.24, 2.45) is 5.92 Å². The van der Waals surface area contributed by atoms with Gasteiger partial charge in [-0.25, -0.2) is 0 Å². The molecule has 1 saturated heterocycles. The lowest BCUT2D eigenvalue weighted by Gasteiger charge is -2.23. The predicted octanol–water partition coefficient (Wildman–Crippen LogP) is 1.68. The van der Waals surface area contributed by atoms with Crippen molar-refractivity contribution < 1.29 is 4.79 Å². The van der Waals surface area contributed by atoms with Gasteiger partial charge in [-0.2, -0.15) is 0 Å². The Hall–Kier alpha value is -0.570. The molecule has 1 amide bonds. The molecular formula is C12H24N2O. The van der Waals surface area contributed by atoms with Gasteiger partial charge in [0.15, 0.2) is 0 Å². The molecule has 0 aromatic rings. The molecule has 2 N–H and O–H groups in total. The topological polar surface area (TPSA) is 41.1 Å². The summed E-state index contributed by atoms with van der Waals surface area (Å²) in [6.45, 7) is 6.36. The molecule has 1 aliphatic rings. The van der Waals surface area contributed by atoms with E-state index < -0.39 is 0 Å². The molecule has 3 heteroatoms. The molecule has 1 fully saturated rings. The smallest absolute Gasteiger partial charge is 0.220 e. The van der Waals surface area contributed by atoms with Crippen LogP contribution in [0.25, 0.3) is 0 Å². The highest BCUT2D eigenvalue weighted by Gasteiger charge is 2.17. The Morgan fingerprint density at radius 1 is 1.60 bits per heavy atom. The SMILES string of the molecule is CCCC(C)NC(=O)CC1CCCNC1. The first-order valence-corrected chi connectivity index (χ1v) is 6.22. The standard InChI is InChI=1S/C12H24N2O/c1-3-5-10(2)14-12(15)8-11-6-4-7-13-9-11/h10-11,13H,3-9H2,1-2H3,(H,14,15). The molecule has 1 aliphatic heterocycles. The van der Waals surface area contributed by atoms with Crippen molar-refractivity contribution in [3.8, 4) is 0 Å². The second kappa shape index (κ2) is 6.83. The minimum absolute atomic E-state index is 0.227. The zero-order valence-corrected chi connectivity index (χ0v) is 10.0. The number of carbonyl (C=O) groups excluding carboxylic acids is 1. The first kappa shape index (κ1) is 12.5. The van der Waals surface area contributed by atoms with Gasteiger partial charge >= 0.3 is 0 Å². The lowest BCUT2D eigenvalue weighted by molar-refractivity contribution is -0.122. The van der Waals surface area contributed by atoms with Crippen molar-refractivity contribution in [3.63, 3.8) is 0 Å².